The van der Waals surface area contributed by atoms with Crippen molar-refractivity contribution in [2.75, 3.05) is 5.32 Å². The molecule has 1 unspecified atom stereocenters. The standard InChI is InChI=1S/C16H17N3O2/c1-9-7-12(20)4-6-13(9)17-10(2)11-3-5-14-15(8-11)19-16(21)18-14/h3-8,10,17,20H,1-2H3,(H2,18,19,21). The van der Waals surface area contributed by atoms with Gasteiger partial charge in [0.15, 0.2) is 0 Å². The van der Waals surface area contributed by atoms with Gasteiger partial charge in [0.1, 0.15) is 5.75 Å². The fourth-order valence-electron chi connectivity index (χ4n) is 2.45. The van der Waals surface area contributed by atoms with Crippen molar-refractivity contribution in [3.63, 3.8) is 0 Å². The molecule has 0 aliphatic carbocycles. The van der Waals surface area contributed by atoms with Gasteiger partial charge < -0.3 is 20.4 Å². The summed E-state index contributed by atoms with van der Waals surface area (Å²) in [4.78, 5) is 16.8. The number of aromatic nitrogens is 2. The van der Waals surface area contributed by atoms with Gasteiger partial charge in [0.2, 0.25) is 0 Å². The highest BCUT2D eigenvalue weighted by Gasteiger charge is 2.09. The number of aryl methyl sites for hydroxylation is 1. The third-order valence-electron chi connectivity index (χ3n) is 3.62. The van der Waals surface area contributed by atoms with Crippen LogP contribution in [0.3, 0.4) is 0 Å². The lowest BCUT2D eigenvalue weighted by Gasteiger charge is -2.17. The van der Waals surface area contributed by atoms with Crippen LogP contribution in [-0.2, 0) is 0 Å². The predicted molar refractivity (Wildman–Crippen MR) is 83.8 cm³/mol. The maximum Gasteiger partial charge on any atom is 0.323 e. The number of nitrogens with one attached hydrogen (secondary N) is 3. The van der Waals surface area contributed by atoms with Gasteiger partial charge in [-0.05, 0) is 55.3 Å². The van der Waals surface area contributed by atoms with Crippen LogP contribution in [0.1, 0.15) is 24.1 Å². The zero-order valence-electron chi connectivity index (χ0n) is 11.9. The van der Waals surface area contributed by atoms with Gasteiger partial charge in [-0.3, -0.25) is 0 Å². The number of H-pyrrole nitrogens is 2. The lowest BCUT2D eigenvalue weighted by molar-refractivity contribution is 0.475. The second-order valence-corrected chi connectivity index (χ2v) is 5.25. The first kappa shape index (κ1) is 13.3. The van der Waals surface area contributed by atoms with Crippen LogP contribution >= 0.6 is 0 Å². The first-order valence-electron chi connectivity index (χ1n) is 6.81. The molecule has 1 atom stereocenters. The lowest BCUT2D eigenvalue weighted by atomic mass is 10.1. The van der Waals surface area contributed by atoms with Crippen LogP contribution in [0.2, 0.25) is 0 Å². The molecule has 0 spiro atoms. The van der Waals surface area contributed by atoms with Crippen LogP contribution in [-0.4, -0.2) is 15.1 Å². The Morgan fingerprint density at radius 2 is 1.86 bits per heavy atom. The molecular weight excluding hydrogens is 266 g/mol. The molecule has 5 nitrogen and oxygen atoms in total. The van der Waals surface area contributed by atoms with Crippen molar-refractivity contribution in [2.24, 2.45) is 0 Å². The van der Waals surface area contributed by atoms with Crippen molar-refractivity contribution in [3.8, 4) is 5.75 Å². The van der Waals surface area contributed by atoms with Crippen molar-refractivity contribution in [1.82, 2.24) is 9.97 Å². The van der Waals surface area contributed by atoms with Gasteiger partial charge in [-0.25, -0.2) is 4.79 Å². The van der Waals surface area contributed by atoms with E-state index < -0.39 is 0 Å². The Bertz CT molecular complexity index is 848. The average Bonchev–Trinajstić information content (AvgIpc) is 2.80. The van der Waals surface area contributed by atoms with E-state index >= 15 is 0 Å². The average molecular weight is 283 g/mol. The SMILES string of the molecule is Cc1cc(O)ccc1NC(C)c1ccc2[nH]c(=O)[nH]c2c1. The molecule has 4 N–H and O–H groups in total. The largest absolute Gasteiger partial charge is 0.508 e. The van der Waals surface area contributed by atoms with Gasteiger partial charge in [0.05, 0.1) is 11.0 Å². The quantitative estimate of drug-likeness (QED) is 0.558. The summed E-state index contributed by atoms with van der Waals surface area (Å²) in [6.07, 6.45) is 0. The molecule has 0 fully saturated rings. The summed E-state index contributed by atoms with van der Waals surface area (Å²) in [5.41, 5.74) is 4.44. The van der Waals surface area contributed by atoms with Crippen molar-refractivity contribution in [2.45, 2.75) is 19.9 Å². The van der Waals surface area contributed by atoms with Crippen LogP contribution in [0, 0.1) is 6.92 Å². The fourth-order valence-corrected chi connectivity index (χ4v) is 2.45. The molecule has 0 saturated heterocycles. The minimum absolute atomic E-state index is 0.0797. The van der Waals surface area contributed by atoms with Crippen molar-refractivity contribution >= 4 is 16.7 Å². The fraction of sp³-hybridized carbons (Fsp3) is 0.188. The number of aromatic hydroxyl groups is 1. The molecule has 1 aromatic heterocycles. The smallest absolute Gasteiger partial charge is 0.323 e. The number of imidazole rings is 1. The number of phenols is 1. The monoisotopic (exact) mass is 283 g/mol. The van der Waals surface area contributed by atoms with Gasteiger partial charge >= 0.3 is 5.69 Å². The minimum atomic E-state index is -0.197. The molecule has 21 heavy (non-hydrogen) atoms. The van der Waals surface area contributed by atoms with Crippen molar-refractivity contribution < 1.29 is 5.11 Å². The number of benzene rings is 2. The molecule has 0 radical (unpaired) electrons. The van der Waals surface area contributed by atoms with Gasteiger partial charge in [-0.2, -0.15) is 0 Å². The van der Waals surface area contributed by atoms with E-state index in [1.165, 1.54) is 0 Å². The molecule has 2 aromatic carbocycles. The third kappa shape index (κ3) is 2.63. The molecule has 108 valence electrons. The van der Waals surface area contributed by atoms with E-state index in [0.717, 1.165) is 27.8 Å². The van der Waals surface area contributed by atoms with Crippen molar-refractivity contribution in [1.29, 1.82) is 0 Å². The van der Waals surface area contributed by atoms with E-state index in [0.29, 0.717) is 0 Å². The normalized spacial score (nSPS) is 12.5. The van der Waals surface area contributed by atoms with Gasteiger partial charge in [0.25, 0.3) is 0 Å². The van der Waals surface area contributed by atoms with Crippen LogP contribution in [0.15, 0.2) is 41.2 Å². The number of phenolic OH excluding ortho intramolecular Hbond substituents is 1. The lowest BCUT2D eigenvalue weighted by Crippen LogP contribution is -2.07. The van der Waals surface area contributed by atoms with E-state index in [9.17, 15) is 9.90 Å². The summed E-state index contributed by atoms with van der Waals surface area (Å²) >= 11 is 0. The van der Waals surface area contributed by atoms with E-state index in [4.69, 9.17) is 0 Å². The maximum absolute atomic E-state index is 11.3. The van der Waals surface area contributed by atoms with E-state index in [1.807, 2.05) is 31.2 Å². The van der Waals surface area contributed by atoms with Gasteiger partial charge in [-0.15, -0.1) is 0 Å². The number of rotatable bonds is 3. The zero-order valence-corrected chi connectivity index (χ0v) is 11.9. The summed E-state index contributed by atoms with van der Waals surface area (Å²) < 4.78 is 0. The van der Waals surface area contributed by atoms with E-state index in [-0.39, 0.29) is 17.5 Å². The highest BCUT2D eigenvalue weighted by atomic mass is 16.3. The Morgan fingerprint density at radius 1 is 1.10 bits per heavy atom. The predicted octanol–water partition coefficient (Wildman–Crippen LogP) is 3.04. The molecule has 0 aliphatic rings. The molecule has 0 bridgehead atoms. The number of hydrogen-bond acceptors (Lipinski definition) is 3. The number of aromatic amines is 2. The molecule has 3 aromatic rings. The van der Waals surface area contributed by atoms with Crippen LogP contribution in [0.25, 0.3) is 11.0 Å². The zero-order chi connectivity index (χ0) is 15.0. The van der Waals surface area contributed by atoms with Crippen LogP contribution < -0.4 is 11.0 Å². The Labute approximate surface area is 121 Å². The van der Waals surface area contributed by atoms with Gasteiger partial charge in [-0.1, -0.05) is 6.07 Å². The molecule has 0 aliphatic heterocycles. The second kappa shape index (κ2) is 5.01. The maximum atomic E-state index is 11.3. The number of hydrogen-bond donors (Lipinski definition) is 4. The van der Waals surface area contributed by atoms with Crippen LogP contribution in [0.5, 0.6) is 5.75 Å². The highest BCUT2D eigenvalue weighted by Crippen LogP contribution is 2.25. The summed E-state index contributed by atoms with van der Waals surface area (Å²) in [6.45, 7) is 4.00. The Hall–Kier alpha value is -2.69. The number of anilines is 1. The third-order valence-corrected chi connectivity index (χ3v) is 3.62. The topological polar surface area (TPSA) is 80.9 Å². The minimum Gasteiger partial charge on any atom is -0.508 e. The Morgan fingerprint density at radius 3 is 2.62 bits per heavy atom. The van der Waals surface area contributed by atoms with E-state index in [2.05, 4.69) is 22.2 Å². The molecule has 5 heteroatoms. The Balaban J connectivity index is 1.89. The first-order valence-corrected chi connectivity index (χ1v) is 6.81. The molecule has 0 amide bonds. The van der Waals surface area contributed by atoms with Crippen molar-refractivity contribution in [3.05, 3.63) is 58.0 Å². The van der Waals surface area contributed by atoms with Crippen LogP contribution in [0.4, 0.5) is 5.69 Å². The first-order chi connectivity index (χ1) is 10.0. The Kier molecular flexibility index (Phi) is 3.17. The molecule has 0 saturated carbocycles. The molecule has 1 heterocycles. The summed E-state index contributed by atoms with van der Waals surface area (Å²) in [5.74, 6) is 0.261. The van der Waals surface area contributed by atoms with E-state index in [1.54, 1.807) is 12.1 Å². The second-order valence-electron chi connectivity index (χ2n) is 5.25. The number of fused-ring (bicyclic) bond motifs is 1. The summed E-state index contributed by atoms with van der Waals surface area (Å²) in [5, 5.41) is 12.9. The molecular formula is C16H17N3O2. The van der Waals surface area contributed by atoms with Gasteiger partial charge in [0, 0.05) is 11.7 Å². The summed E-state index contributed by atoms with van der Waals surface area (Å²) in [7, 11) is 0. The molecule has 3 rings (SSSR count). The highest BCUT2D eigenvalue weighted by molar-refractivity contribution is 5.75. The summed E-state index contributed by atoms with van der Waals surface area (Å²) in [6, 6.07) is 11.2.